The third-order valence-corrected chi connectivity index (χ3v) is 3.72. The third kappa shape index (κ3) is 2.80. The summed E-state index contributed by atoms with van der Waals surface area (Å²) in [6.07, 6.45) is 4.53. The van der Waals surface area contributed by atoms with E-state index in [1.165, 1.54) is 18.9 Å². The van der Waals surface area contributed by atoms with E-state index in [1.54, 1.807) is 6.07 Å². The fraction of sp³-hybridized carbons (Fsp3) is 0.500. The van der Waals surface area contributed by atoms with Gasteiger partial charge in [-0.15, -0.1) is 0 Å². The Morgan fingerprint density at radius 2 is 2.21 bits per heavy atom. The number of hydrogen-bond acceptors (Lipinski definition) is 3. The van der Waals surface area contributed by atoms with Crippen molar-refractivity contribution in [3.8, 4) is 0 Å². The van der Waals surface area contributed by atoms with Crippen LogP contribution < -0.4 is 10.6 Å². The van der Waals surface area contributed by atoms with Gasteiger partial charge in [0.15, 0.2) is 5.84 Å². The van der Waals surface area contributed by atoms with Gasteiger partial charge < -0.3 is 15.8 Å². The van der Waals surface area contributed by atoms with Gasteiger partial charge in [-0.25, -0.2) is 4.39 Å². The topological polar surface area (TPSA) is 61.8 Å². The lowest BCUT2D eigenvalue weighted by Crippen LogP contribution is -2.34. The van der Waals surface area contributed by atoms with Crippen LogP contribution in [0.4, 0.5) is 10.1 Å². The Labute approximate surface area is 112 Å². The average Bonchev–Trinajstić information content (AvgIpc) is 2.62. The third-order valence-electron chi connectivity index (χ3n) is 3.72. The smallest absolute Gasteiger partial charge is 0.175 e. The average molecular weight is 265 g/mol. The Hall–Kier alpha value is -1.78. The number of oxime groups is 1. The number of halogens is 1. The van der Waals surface area contributed by atoms with Crippen LogP contribution in [-0.4, -0.2) is 23.6 Å². The molecular formula is C14H20FN3O. The highest BCUT2D eigenvalue weighted by molar-refractivity contribution is 6.02. The van der Waals surface area contributed by atoms with Gasteiger partial charge in [-0.05, 0) is 31.9 Å². The van der Waals surface area contributed by atoms with Crippen molar-refractivity contribution in [3.05, 3.63) is 29.6 Å². The summed E-state index contributed by atoms with van der Waals surface area (Å²) in [5, 5.41) is 11.8. The summed E-state index contributed by atoms with van der Waals surface area (Å²) < 4.78 is 14.0. The molecule has 0 saturated carbocycles. The van der Waals surface area contributed by atoms with Gasteiger partial charge in [0.2, 0.25) is 0 Å². The van der Waals surface area contributed by atoms with Gasteiger partial charge in [0.25, 0.3) is 0 Å². The minimum absolute atomic E-state index is 0.176. The molecule has 3 N–H and O–H groups in total. The maximum atomic E-state index is 14.0. The number of benzene rings is 1. The normalized spacial score (nSPS) is 21.3. The van der Waals surface area contributed by atoms with E-state index in [1.807, 2.05) is 6.07 Å². The molecule has 0 aromatic heterocycles. The molecule has 0 amide bonds. The van der Waals surface area contributed by atoms with Gasteiger partial charge in [0.1, 0.15) is 5.82 Å². The van der Waals surface area contributed by atoms with E-state index >= 15 is 0 Å². The Balaban J connectivity index is 2.45. The summed E-state index contributed by atoms with van der Waals surface area (Å²) in [4.78, 5) is 2.16. The number of amidine groups is 1. The minimum Gasteiger partial charge on any atom is -0.409 e. The molecule has 0 spiro atoms. The minimum atomic E-state index is -0.454. The van der Waals surface area contributed by atoms with Crippen molar-refractivity contribution >= 4 is 11.5 Å². The lowest BCUT2D eigenvalue weighted by molar-refractivity contribution is 0.318. The highest BCUT2D eigenvalue weighted by Gasteiger charge is 2.23. The lowest BCUT2D eigenvalue weighted by Gasteiger charge is -2.31. The van der Waals surface area contributed by atoms with Crippen molar-refractivity contribution in [2.45, 2.75) is 38.6 Å². The highest BCUT2D eigenvalue weighted by atomic mass is 19.1. The molecule has 1 saturated heterocycles. The molecule has 0 radical (unpaired) electrons. The number of rotatable bonds is 2. The maximum Gasteiger partial charge on any atom is 0.175 e. The standard InChI is InChI=1S/C14H20FN3O/c1-10-6-3-2-4-9-18(10)12-8-5-7-11(15)13(12)14(16)17-19/h5,7-8,10,19H,2-4,6,9H2,1H3,(H2,16,17). The molecule has 0 bridgehead atoms. The van der Waals surface area contributed by atoms with E-state index < -0.39 is 5.82 Å². The van der Waals surface area contributed by atoms with Crippen LogP contribution >= 0.6 is 0 Å². The van der Waals surface area contributed by atoms with Crippen LogP contribution in [0, 0.1) is 5.82 Å². The maximum absolute atomic E-state index is 14.0. The Kier molecular flexibility index (Phi) is 4.24. The van der Waals surface area contributed by atoms with Crippen LogP contribution in [0.25, 0.3) is 0 Å². The van der Waals surface area contributed by atoms with E-state index in [4.69, 9.17) is 10.9 Å². The predicted octanol–water partition coefficient (Wildman–Crippen LogP) is 2.69. The molecule has 1 aliphatic heterocycles. The summed E-state index contributed by atoms with van der Waals surface area (Å²) in [5.74, 6) is -0.631. The van der Waals surface area contributed by atoms with Gasteiger partial charge in [0.05, 0.1) is 11.3 Å². The second-order valence-corrected chi connectivity index (χ2v) is 5.01. The lowest BCUT2D eigenvalue weighted by atomic mass is 10.1. The monoisotopic (exact) mass is 265 g/mol. The Morgan fingerprint density at radius 3 is 2.95 bits per heavy atom. The molecule has 1 aromatic rings. The molecule has 1 aromatic carbocycles. The van der Waals surface area contributed by atoms with Gasteiger partial charge >= 0.3 is 0 Å². The second kappa shape index (κ2) is 5.91. The molecule has 1 fully saturated rings. The molecule has 1 atom stereocenters. The summed E-state index contributed by atoms with van der Waals surface area (Å²) in [5.41, 5.74) is 6.53. The molecule has 5 heteroatoms. The van der Waals surface area contributed by atoms with E-state index in [-0.39, 0.29) is 11.4 Å². The van der Waals surface area contributed by atoms with Crippen molar-refractivity contribution < 1.29 is 9.60 Å². The first-order chi connectivity index (χ1) is 9.15. The molecule has 19 heavy (non-hydrogen) atoms. The van der Waals surface area contributed by atoms with Crippen molar-refractivity contribution in [1.82, 2.24) is 0 Å². The van der Waals surface area contributed by atoms with E-state index in [9.17, 15) is 4.39 Å². The zero-order valence-electron chi connectivity index (χ0n) is 11.1. The quantitative estimate of drug-likeness (QED) is 0.374. The van der Waals surface area contributed by atoms with Crippen molar-refractivity contribution in [2.75, 3.05) is 11.4 Å². The molecule has 4 nitrogen and oxygen atoms in total. The molecule has 1 unspecified atom stereocenters. The van der Waals surface area contributed by atoms with Gasteiger partial charge in [-0.3, -0.25) is 0 Å². The first-order valence-corrected chi connectivity index (χ1v) is 6.68. The van der Waals surface area contributed by atoms with Gasteiger partial charge in [0, 0.05) is 12.6 Å². The number of hydrogen-bond donors (Lipinski definition) is 2. The summed E-state index contributed by atoms with van der Waals surface area (Å²) in [7, 11) is 0. The predicted molar refractivity (Wildman–Crippen MR) is 74.2 cm³/mol. The fourth-order valence-corrected chi connectivity index (χ4v) is 2.69. The first-order valence-electron chi connectivity index (χ1n) is 6.68. The van der Waals surface area contributed by atoms with Crippen LogP contribution in [0.3, 0.4) is 0 Å². The molecule has 2 rings (SSSR count). The van der Waals surface area contributed by atoms with Crippen LogP contribution in [0.15, 0.2) is 23.4 Å². The van der Waals surface area contributed by atoms with E-state index in [2.05, 4.69) is 17.0 Å². The summed E-state index contributed by atoms with van der Waals surface area (Å²) in [6, 6.07) is 5.16. The van der Waals surface area contributed by atoms with Crippen molar-refractivity contribution in [3.63, 3.8) is 0 Å². The van der Waals surface area contributed by atoms with Crippen LogP contribution in [-0.2, 0) is 0 Å². The Bertz CT molecular complexity index is 476. The van der Waals surface area contributed by atoms with Crippen LogP contribution in [0.2, 0.25) is 0 Å². The van der Waals surface area contributed by atoms with Crippen LogP contribution in [0.1, 0.15) is 38.2 Å². The van der Waals surface area contributed by atoms with Gasteiger partial charge in [-0.2, -0.15) is 0 Å². The second-order valence-electron chi connectivity index (χ2n) is 5.01. The van der Waals surface area contributed by atoms with Crippen molar-refractivity contribution in [2.24, 2.45) is 10.9 Å². The van der Waals surface area contributed by atoms with E-state index in [0.717, 1.165) is 19.4 Å². The zero-order valence-corrected chi connectivity index (χ0v) is 11.1. The zero-order chi connectivity index (χ0) is 13.8. The largest absolute Gasteiger partial charge is 0.409 e. The van der Waals surface area contributed by atoms with Gasteiger partial charge in [-0.1, -0.05) is 24.1 Å². The molecule has 1 aliphatic rings. The Morgan fingerprint density at radius 1 is 1.42 bits per heavy atom. The first kappa shape index (κ1) is 13.6. The number of anilines is 1. The summed E-state index contributed by atoms with van der Waals surface area (Å²) >= 11 is 0. The molecular weight excluding hydrogens is 245 g/mol. The number of nitrogens with zero attached hydrogens (tertiary/aromatic N) is 2. The fourth-order valence-electron chi connectivity index (χ4n) is 2.69. The molecule has 104 valence electrons. The number of nitrogens with two attached hydrogens (primary N) is 1. The highest BCUT2D eigenvalue weighted by Crippen LogP contribution is 2.28. The van der Waals surface area contributed by atoms with Crippen LogP contribution in [0.5, 0.6) is 0 Å². The van der Waals surface area contributed by atoms with E-state index in [0.29, 0.717) is 11.7 Å². The SMILES string of the molecule is CC1CCCCCN1c1cccc(F)c1C(N)=NO. The van der Waals surface area contributed by atoms with Crippen molar-refractivity contribution in [1.29, 1.82) is 0 Å². The molecule has 0 aliphatic carbocycles. The summed E-state index contributed by atoms with van der Waals surface area (Å²) in [6.45, 7) is 3.00. The molecule has 1 heterocycles.